The molecule has 3 aromatic rings. The minimum atomic E-state index is -0.878. The number of fused-ring (bicyclic) bond motifs is 1. The first kappa shape index (κ1) is 15.2. The van der Waals surface area contributed by atoms with Crippen LogP contribution < -0.4 is 0 Å². The summed E-state index contributed by atoms with van der Waals surface area (Å²) in [7, 11) is 0. The van der Waals surface area contributed by atoms with Crippen LogP contribution in [0, 0.1) is 0 Å². The monoisotopic (exact) mass is 302 g/mol. The van der Waals surface area contributed by atoms with Crippen LogP contribution in [0.25, 0.3) is 16.3 Å². The highest BCUT2D eigenvalue weighted by Crippen LogP contribution is 2.21. The van der Waals surface area contributed by atoms with Gasteiger partial charge in [0.1, 0.15) is 0 Å². The topological polar surface area (TPSA) is 37.3 Å². The molecule has 0 aromatic heterocycles. The number of hydrogen-bond donors (Lipinski definition) is 1. The molecule has 0 aliphatic rings. The van der Waals surface area contributed by atoms with Crippen molar-refractivity contribution in [2.24, 2.45) is 0 Å². The molecule has 0 spiro atoms. The molecule has 1 atom stereocenters. The number of hydrogen-bond acceptors (Lipinski definition) is 2. The maximum Gasteiger partial charge on any atom is 0.165 e. The van der Waals surface area contributed by atoms with Gasteiger partial charge in [0, 0.05) is 12.0 Å². The number of carbonyl (C=O) groups excluding carboxylic acids is 1. The summed E-state index contributed by atoms with van der Waals surface area (Å²) in [4.78, 5) is 12.4. The molecule has 114 valence electrons. The molecular formula is C21H18O2. The summed E-state index contributed by atoms with van der Waals surface area (Å²) >= 11 is 0. The van der Waals surface area contributed by atoms with Crippen molar-refractivity contribution in [3.8, 4) is 0 Å². The second-order valence-electron chi connectivity index (χ2n) is 5.60. The number of carbonyl (C=O) groups is 1. The predicted octanol–water partition coefficient (Wildman–Crippen LogP) is 4.49. The zero-order valence-corrected chi connectivity index (χ0v) is 12.8. The predicted molar refractivity (Wildman–Crippen MR) is 94.4 cm³/mol. The van der Waals surface area contributed by atoms with Gasteiger partial charge in [0.05, 0.1) is 6.10 Å². The minimum absolute atomic E-state index is 0.0338. The quantitative estimate of drug-likeness (QED) is 0.705. The van der Waals surface area contributed by atoms with E-state index in [4.69, 9.17) is 0 Å². The van der Waals surface area contributed by atoms with E-state index in [2.05, 4.69) is 6.58 Å². The van der Waals surface area contributed by atoms with E-state index in [9.17, 15) is 9.90 Å². The van der Waals surface area contributed by atoms with Crippen LogP contribution in [0.4, 0.5) is 0 Å². The molecule has 1 N–H and O–H groups in total. The molecule has 3 aromatic carbocycles. The maximum atomic E-state index is 12.4. The van der Waals surface area contributed by atoms with Gasteiger partial charge in [-0.2, -0.15) is 0 Å². The molecule has 0 fully saturated rings. The Morgan fingerprint density at radius 3 is 2.26 bits per heavy atom. The van der Waals surface area contributed by atoms with Crippen LogP contribution in [0.3, 0.4) is 0 Å². The van der Waals surface area contributed by atoms with Gasteiger partial charge in [-0.3, -0.25) is 4.79 Å². The number of aliphatic hydroxyl groups excluding tert-OH is 1. The Hall–Kier alpha value is -2.71. The SMILES string of the molecule is C=C(c1ccccc1)C(O)CC(=O)c1ccc2ccccc2c1. The van der Waals surface area contributed by atoms with Crippen molar-refractivity contribution >= 4 is 22.1 Å². The lowest BCUT2D eigenvalue weighted by Gasteiger charge is -2.13. The lowest BCUT2D eigenvalue weighted by atomic mass is 9.95. The van der Waals surface area contributed by atoms with Crippen LogP contribution in [-0.2, 0) is 0 Å². The van der Waals surface area contributed by atoms with Gasteiger partial charge < -0.3 is 5.11 Å². The van der Waals surface area contributed by atoms with Crippen molar-refractivity contribution in [2.45, 2.75) is 12.5 Å². The van der Waals surface area contributed by atoms with Gasteiger partial charge in [0.2, 0.25) is 0 Å². The average Bonchev–Trinajstić information content (AvgIpc) is 2.61. The Labute approximate surface area is 135 Å². The van der Waals surface area contributed by atoms with Crippen LogP contribution in [0.2, 0.25) is 0 Å². The van der Waals surface area contributed by atoms with Crippen LogP contribution in [0.1, 0.15) is 22.3 Å². The Bertz CT molecular complexity index is 850. The molecule has 23 heavy (non-hydrogen) atoms. The lowest BCUT2D eigenvalue weighted by molar-refractivity contribution is 0.0928. The average molecular weight is 302 g/mol. The van der Waals surface area contributed by atoms with Gasteiger partial charge in [-0.15, -0.1) is 0 Å². The van der Waals surface area contributed by atoms with Crippen molar-refractivity contribution in [1.82, 2.24) is 0 Å². The van der Waals surface area contributed by atoms with E-state index < -0.39 is 6.10 Å². The highest BCUT2D eigenvalue weighted by atomic mass is 16.3. The fourth-order valence-electron chi connectivity index (χ4n) is 2.62. The molecule has 3 rings (SSSR count). The van der Waals surface area contributed by atoms with Gasteiger partial charge >= 0.3 is 0 Å². The van der Waals surface area contributed by atoms with E-state index in [1.807, 2.05) is 72.8 Å². The first-order chi connectivity index (χ1) is 11.1. The molecule has 0 aliphatic carbocycles. The zero-order valence-electron chi connectivity index (χ0n) is 12.8. The van der Waals surface area contributed by atoms with E-state index in [-0.39, 0.29) is 12.2 Å². The van der Waals surface area contributed by atoms with Crippen LogP contribution in [-0.4, -0.2) is 17.0 Å². The summed E-state index contributed by atoms with van der Waals surface area (Å²) in [6.07, 6.45) is -0.845. The number of rotatable bonds is 5. The second-order valence-corrected chi connectivity index (χ2v) is 5.60. The Morgan fingerprint density at radius 1 is 0.870 bits per heavy atom. The summed E-state index contributed by atoms with van der Waals surface area (Å²) in [5.41, 5.74) is 2.04. The molecule has 1 unspecified atom stereocenters. The summed E-state index contributed by atoms with van der Waals surface area (Å²) in [6.45, 7) is 3.92. The normalized spacial score (nSPS) is 12.0. The standard InChI is InChI=1S/C21H18O2/c1-15(16-7-3-2-4-8-16)20(22)14-21(23)19-12-11-17-9-5-6-10-18(17)13-19/h2-13,20,22H,1,14H2. The smallest absolute Gasteiger partial charge is 0.165 e. The number of benzene rings is 3. The summed E-state index contributed by atoms with van der Waals surface area (Å²) < 4.78 is 0. The molecule has 0 aliphatic heterocycles. The summed E-state index contributed by atoms with van der Waals surface area (Å²) in [5.74, 6) is -0.0830. The van der Waals surface area contributed by atoms with Crippen LogP contribution in [0.5, 0.6) is 0 Å². The molecule has 0 saturated heterocycles. The van der Waals surface area contributed by atoms with Crippen LogP contribution >= 0.6 is 0 Å². The number of ketones is 1. The van der Waals surface area contributed by atoms with E-state index in [0.717, 1.165) is 16.3 Å². The fourth-order valence-corrected chi connectivity index (χ4v) is 2.62. The molecule has 0 saturated carbocycles. The maximum absolute atomic E-state index is 12.4. The van der Waals surface area contributed by atoms with Crippen molar-refractivity contribution in [3.63, 3.8) is 0 Å². The summed E-state index contributed by atoms with van der Waals surface area (Å²) in [5, 5.41) is 12.4. The van der Waals surface area contributed by atoms with Crippen molar-refractivity contribution in [3.05, 3.63) is 90.5 Å². The third-order valence-corrected chi connectivity index (χ3v) is 4.00. The molecule has 2 heteroatoms. The molecule has 0 radical (unpaired) electrons. The Balaban J connectivity index is 1.76. The van der Waals surface area contributed by atoms with Crippen molar-refractivity contribution in [1.29, 1.82) is 0 Å². The van der Waals surface area contributed by atoms with Crippen molar-refractivity contribution in [2.75, 3.05) is 0 Å². The van der Waals surface area contributed by atoms with Crippen molar-refractivity contribution < 1.29 is 9.90 Å². The van der Waals surface area contributed by atoms with E-state index in [1.165, 1.54) is 0 Å². The molecule has 2 nitrogen and oxygen atoms in total. The Morgan fingerprint density at radius 2 is 1.52 bits per heavy atom. The Kier molecular flexibility index (Phi) is 4.35. The highest BCUT2D eigenvalue weighted by molar-refractivity contribution is 6.01. The van der Waals surface area contributed by atoms with Gasteiger partial charge in [-0.05, 0) is 28.0 Å². The molecular weight excluding hydrogens is 284 g/mol. The number of Topliss-reactive ketones (excluding diaryl/α,β-unsaturated/α-hetero) is 1. The summed E-state index contributed by atoms with van der Waals surface area (Å²) in [6, 6.07) is 23.0. The second kappa shape index (κ2) is 6.59. The van der Waals surface area contributed by atoms with Gasteiger partial charge in [-0.25, -0.2) is 0 Å². The third-order valence-electron chi connectivity index (χ3n) is 4.00. The number of aliphatic hydroxyl groups is 1. The first-order valence-electron chi connectivity index (χ1n) is 7.59. The zero-order chi connectivity index (χ0) is 16.2. The van der Waals surface area contributed by atoms with E-state index >= 15 is 0 Å². The highest BCUT2D eigenvalue weighted by Gasteiger charge is 2.16. The van der Waals surface area contributed by atoms with Crippen LogP contribution in [0.15, 0.2) is 79.4 Å². The van der Waals surface area contributed by atoms with Gasteiger partial charge in [0.15, 0.2) is 5.78 Å². The fraction of sp³-hybridized carbons (Fsp3) is 0.0952. The molecule has 0 heterocycles. The largest absolute Gasteiger partial charge is 0.388 e. The van der Waals surface area contributed by atoms with Gasteiger partial charge in [-0.1, -0.05) is 73.3 Å². The van der Waals surface area contributed by atoms with E-state index in [1.54, 1.807) is 0 Å². The minimum Gasteiger partial charge on any atom is -0.388 e. The first-order valence-corrected chi connectivity index (χ1v) is 7.59. The third kappa shape index (κ3) is 3.38. The lowest BCUT2D eigenvalue weighted by Crippen LogP contribution is -2.15. The molecule has 0 amide bonds. The van der Waals surface area contributed by atoms with Gasteiger partial charge in [0.25, 0.3) is 0 Å². The molecule has 0 bridgehead atoms. The van der Waals surface area contributed by atoms with E-state index in [0.29, 0.717) is 11.1 Å².